The largest absolute Gasteiger partial charge is 0.508 e. The highest BCUT2D eigenvalue weighted by atomic mass is 35.5. The van der Waals surface area contributed by atoms with Gasteiger partial charge in [0.1, 0.15) is 5.75 Å². The van der Waals surface area contributed by atoms with Gasteiger partial charge < -0.3 is 10.4 Å². The molecule has 2 nitrogen and oxygen atoms in total. The monoisotopic (exact) mass is 301 g/mol. The van der Waals surface area contributed by atoms with E-state index in [4.69, 9.17) is 11.6 Å². The van der Waals surface area contributed by atoms with Crippen molar-refractivity contribution in [1.82, 2.24) is 5.32 Å². The minimum atomic E-state index is 0.369. The van der Waals surface area contributed by atoms with Crippen molar-refractivity contribution >= 4 is 11.6 Å². The average molecular weight is 302 g/mol. The van der Waals surface area contributed by atoms with Gasteiger partial charge in [-0.3, -0.25) is 0 Å². The molecule has 0 saturated heterocycles. The Hall–Kier alpha value is -1.51. The van der Waals surface area contributed by atoms with Crippen molar-refractivity contribution in [3.63, 3.8) is 0 Å². The summed E-state index contributed by atoms with van der Waals surface area (Å²) in [5.41, 5.74) is 3.92. The van der Waals surface area contributed by atoms with E-state index in [0.29, 0.717) is 11.8 Å². The van der Waals surface area contributed by atoms with Crippen LogP contribution in [0.2, 0.25) is 5.02 Å². The predicted molar refractivity (Wildman–Crippen MR) is 87.1 cm³/mol. The lowest BCUT2D eigenvalue weighted by Gasteiger charge is -2.25. The van der Waals surface area contributed by atoms with Gasteiger partial charge in [0.15, 0.2) is 0 Å². The fourth-order valence-corrected chi connectivity index (χ4v) is 3.24. The number of halogens is 1. The molecule has 0 amide bonds. The Morgan fingerprint density at radius 3 is 2.90 bits per heavy atom. The molecule has 0 aliphatic heterocycles. The lowest BCUT2D eigenvalue weighted by molar-refractivity contribution is 0.452. The van der Waals surface area contributed by atoms with Crippen molar-refractivity contribution in [3.8, 4) is 5.75 Å². The van der Waals surface area contributed by atoms with Crippen LogP contribution in [0.4, 0.5) is 0 Å². The van der Waals surface area contributed by atoms with Crippen molar-refractivity contribution in [1.29, 1.82) is 0 Å². The predicted octanol–water partition coefficient (Wildman–Crippen LogP) is 3.74. The van der Waals surface area contributed by atoms with Gasteiger partial charge in [0.2, 0.25) is 0 Å². The maximum absolute atomic E-state index is 9.59. The third-order valence-electron chi connectivity index (χ3n) is 4.15. The molecule has 0 radical (unpaired) electrons. The molecule has 0 fully saturated rings. The Balaban J connectivity index is 1.53. The van der Waals surface area contributed by atoms with Crippen molar-refractivity contribution in [3.05, 3.63) is 64.2 Å². The standard InChI is InChI=1S/C18H20ClNO/c19-16-3-1-2-13(10-16)8-9-20-17-6-4-14-5-7-18(21)12-15(14)11-17/h1-3,5,7,10,12,17,20-21H,4,6,8-9,11H2. The van der Waals surface area contributed by atoms with E-state index in [-0.39, 0.29) is 0 Å². The Morgan fingerprint density at radius 2 is 2.05 bits per heavy atom. The van der Waals surface area contributed by atoms with Crippen LogP contribution in [0.1, 0.15) is 23.1 Å². The van der Waals surface area contributed by atoms with E-state index in [1.54, 1.807) is 6.07 Å². The molecule has 3 heteroatoms. The van der Waals surface area contributed by atoms with E-state index < -0.39 is 0 Å². The fraction of sp³-hybridized carbons (Fsp3) is 0.333. The van der Waals surface area contributed by atoms with Crippen molar-refractivity contribution in [2.45, 2.75) is 31.7 Å². The number of benzene rings is 2. The topological polar surface area (TPSA) is 32.3 Å². The highest BCUT2D eigenvalue weighted by molar-refractivity contribution is 6.30. The van der Waals surface area contributed by atoms with Crippen molar-refractivity contribution in [2.75, 3.05) is 6.54 Å². The molecule has 3 rings (SSSR count). The molecule has 2 aromatic carbocycles. The van der Waals surface area contributed by atoms with Crippen LogP contribution in [-0.2, 0) is 19.3 Å². The fourth-order valence-electron chi connectivity index (χ4n) is 3.03. The average Bonchev–Trinajstić information content (AvgIpc) is 2.47. The quantitative estimate of drug-likeness (QED) is 0.902. The van der Waals surface area contributed by atoms with E-state index in [9.17, 15) is 5.11 Å². The summed E-state index contributed by atoms with van der Waals surface area (Å²) in [5, 5.41) is 14.0. The first kappa shape index (κ1) is 14.4. The van der Waals surface area contributed by atoms with Crippen LogP contribution in [-0.4, -0.2) is 17.7 Å². The van der Waals surface area contributed by atoms with Gasteiger partial charge in [-0.15, -0.1) is 0 Å². The number of aromatic hydroxyl groups is 1. The summed E-state index contributed by atoms with van der Waals surface area (Å²) in [6.07, 6.45) is 4.24. The molecule has 1 atom stereocenters. The normalized spacial score (nSPS) is 17.5. The van der Waals surface area contributed by atoms with E-state index in [0.717, 1.165) is 37.3 Å². The number of phenols is 1. The first-order chi connectivity index (χ1) is 10.2. The third kappa shape index (κ3) is 3.78. The molecule has 21 heavy (non-hydrogen) atoms. The van der Waals surface area contributed by atoms with E-state index in [2.05, 4.69) is 11.4 Å². The summed E-state index contributed by atoms with van der Waals surface area (Å²) < 4.78 is 0. The minimum Gasteiger partial charge on any atom is -0.508 e. The summed E-state index contributed by atoms with van der Waals surface area (Å²) in [4.78, 5) is 0. The number of fused-ring (bicyclic) bond motifs is 1. The van der Waals surface area contributed by atoms with Crippen molar-refractivity contribution in [2.24, 2.45) is 0 Å². The summed E-state index contributed by atoms with van der Waals surface area (Å²) in [7, 11) is 0. The van der Waals surface area contributed by atoms with Gasteiger partial charge in [-0.2, -0.15) is 0 Å². The Bertz CT molecular complexity index is 626. The van der Waals surface area contributed by atoms with Crippen LogP contribution in [0.5, 0.6) is 5.75 Å². The smallest absolute Gasteiger partial charge is 0.115 e. The molecule has 1 aliphatic rings. The van der Waals surface area contributed by atoms with Crippen molar-refractivity contribution < 1.29 is 5.11 Å². The maximum atomic E-state index is 9.59. The zero-order chi connectivity index (χ0) is 14.7. The van der Waals surface area contributed by atoms with Gasteiger partial charge in [-0.25, -0.2) is 0 Å². The van der Waals surface area contributed by atoms with Crippen LogP contribution in [0.25, 0.3) is 0 Å². The molecule has 1 aliphatic carbocycles. The summed E-state index contributed by atoms with van der Waals surface area (Å²) >= 11 is 6.00. The summed E-state index contributed by atoms with van der Waals surface area (Å²) in [6.45, 7) is 0.957. The Kier molecular flexibility index (Phi) is 4.47. The second-order valence-corrected chi connectivity index (χ2v) is 6.16. The molecule has 0 bridgehead atoms. The van der Waals surface area contributed by atoms with Gasteiger partial charge in [-0.05, 0) is 73.2 Å². The highest BCUT2D eigenvalue weighted by Gasteiger charge is 2.18. The summed E-state index contributed by atoms with van der Waals surface area (Å²) in [6, 6.07) is 14.3. The van der Waals surface area contributed by atoms with Gasteiger partial charge in [-0.1, -0.05) is 29.8 Å². The molecule has 0 heterocycles. The lowest BCUT2D eigenvalue weighted by Crippen LogP contribution is -2.35. The first-order valence-corrected chi connectivity index (χ1v) is 7.87. The maximum Gasteiger partial charge on any atom is 0.115 e. The van der Waals surface area contributed by atoms with Gasteiger partial charge in [0.05, 0.1) is 0 Å². The van der Waals surface area contributed by atoms with Crippen LogP contribution in [0.15, 0.2) is 42.5 Å². The van der Waals surface area contributed by atoms with Crippen LogP contribution in [0, 0.1) is 0 Å². The number of nitrogens with one attached hydrogen (secondary N) is 1. The number of hydrogen-bond donors (Lipinski definition) is 2. The summed E-state index contributed by atoms with van der Waals surface area (Å²) in [5.74, 6) is 0.369. The molecule has 2 N–H and O–H groups in total. The molecule has 1 unspecified atom stereocenters. The number of rotatable bonds is 4. The van der Waals surface area contributed by atoms with E-state index >= 15 is 0 Å². The molecule has 0 saturated carbocycles. The minimum absolute atomic E-state index is 0.369. The van der Waals surface area contributed by atoms with Gasteiger partial charge >= 0.3 is 0 Å². The molecule has 0 spiro atoms. The molecule has 2 aromatic rings. The second-order valence-electron chi connectivity index (χ2n) is 5.73. The Labute approximate surface area is 130 Å². The lowest BCUT2D eigenvalue weighted by atomic mass is 9.88. The molecular weight excluding hydrogens is 282 g/mol. The van der Waals surface area contributed by atoms with Gasteiger partial charge in [0, 0.05) is 11.1 Å². The van der Waals surface area contributed by atoms with E-state index in [1.165, 1.54) is 16.7 Å². The van der Waals surface area contributed by atoms with Crippen LogP contribution in [0.3, 0.4) is 0 Å². The van der Waals surface area contributed by atoms with Gasteiger partial charge in [0.25, 0.3) is 0 Å². The number of phenolic OH excluding ortho intramolecular Hbond substituents is 1. The number of aryl methyl sites for hydroxylation is 1. The molecule has 110 valence electrons. The molecule has 0 aromatic heterocycles. The zero-order valence-electron chi connectivity index (χ0n) is 12.0. The van der Waals surface area contributed by atoms with E-state index in [1.807, 2.05) is 30.3 Å². The number of hydrogen-bond acceptors (Lipinski definition) is 2. The first-order valence-electron chi connectivity index (χ1n) is 7.49. The zero-order valence-corrected chi connectivity index (χ0v) is 12.7. The molecular formula is C18H20ClNO. The SMILES string of the molecule is Oc1ccc2c(c1)CC(NCCc1cccc(Cl)c1)CC2. The Morgan fingerprint density at radius 1 is 1.14 bits per heavy atom. The van der Waals surface area contributed by atoms with Crippen LogP contribution < -0.4 is 5.32 Å². The second kappa shape index (κ2) is 6.50. The third-order valence-corrected chi connectivity index (χ3v) is 4.39. The van der Waals surface area contributed by atoms with Crippen LogP contribution >= 0.6 is 11.6 Å². The highest BCUT2D eigenvalue weighted by Crippen LogP contribution is 2.25.